The van der Waals surface area contributed by atoms with Crippen molar-refractivity contribution in [3.8, 4) is 0 Å². The second-order valence-electron chi connectivity index (χ2n) is 4.70. The Labute approximate surface area is 129 Å². The van der Waals surface area contributed by atoms with E-state index in [1.165, 1.54) is 0 Å². The standard InChI is InChI=1S/C16H17Cl2NO/c1-11(15-8-14(17)6-7-16(15)18)19-9-12-4-2-3-5-13(12)10-20/h2-8,11,19-20H,9-10H2,1H3. The van der Waals surface area contributed by atoms with Crippen LogP contribution in [0.4, 0.5) is 0 Å². The van der Waals surface area contributed by atoms with E-state index in [9.17, 15) is 5.11 Å². The van der Waals surface area contributed by atoms with E-state index in [0.29, 0.717) is 16.6 Å². The van der Waals surface area contributed by atoms with Gasteiger partial charge in [0.25, 0.3) is 0 Å². The van der Waals surface area contributed by atoms with Gasteiger partial charge in [-0.15, -0.1) is 0 Å². The number of rotatable bonds is 5. The molecule has 0 spiro atoms. The number of halogens is 2. The van der Waals surface area contributed by atoms with Crippen molar-refractivity contribution in [2.75, 3.05) is 0 Å². The molecule has 0 fully saturated rings. The highest BCUT2D eigenvalue weighted by atomic mass is 35.5. The van der Waals surface area contributed by atoms with E-state index in [2.05, 4.69) is 5.32 Å². The minimum Gasteiger partial charge on any atom is -0.392 e. The highest BCUT2D eigenvalue weighted by Gasteiger charge is 2.10. The van der Waals surface area contributed by atoms with Gasteiger partial charge in [-0.25, -0.2) is 0 Å². The van der Waals surface area contributed by atoms with E-state index >= 15 is 0 Å². The fourth-order valence-electron chi connectivity index (χ4n) is 2.10. The Morgan fingerprint density at radius 2 is 1.80 bits per heavy atom. The van der Waals surface area contributed by atoms with Crippen molar-refractivity contribution in [3.05, 3.63) is 69.2 Å². The Morgan fingerprint density at radius 3 is 2.50 bits per heavy atom. The molecule has 2 rings (SSSR count). The number of hydrogen-bond donors (Lipinski definition) is 2. The van der Waals surface area contributed by atoms with E-state index in [1.54, 1.807) is 12.1 Å². The van der Waals surface area contributed by atoms with Crippen molar-refractivity contribution in [1.29, 1.82) is 0 Å². The van der Waals surface area contributed by atoms with Crippen molar-refractivity contribution in [1.82, 2.24) is 5.32 Å². The molecule has 0 saturated heterocycles. The van der Waals surface area contributed by atoms with Crippen molar-refractivity contribution < 1.29 is 5.11 Å². The number of benzene rings is 2. The molecule has 0 radical (unpaired) electrons. The van der Waals surface area contributed by atoms with Crippen LogP contribution < -0.4 is 5.32 Å². The summed E-state index contributed by atoms with van der Waals surface area (Å²) in [6.07, 6.45) is 0. The van der Waals surface area contributed by atoms with Gasteiger partial charge in [0.05, 0.1) is 6.61 Å². The predicted molar refractivity (Wildman–Crippen MR) is 84.1 cm³/mol. The highest BCUT2D eigenvalue weighted by molar-refractivity contribution is 6.33. The monoisotopic (exact) mass is 309 g/mol. The lowest BCUT2D eigenvalue weighted by Gasteiger charge is -2.17. The lowest BCUT2D eigenvalue weighted by atomic mass is 10.1. The first-order valence-electron chi connectivity index (χ1n) is 6.47. The maximum atomic E-state index is 9.31. The number of aliphatic hydroxyl groups is 1. The number of aliphatic hydroxyl groups excluding tert-OH is 1. The van der Waals surface area contributed by atoms with Crippen LogP contribution in [0, 0.1) is 0 Å². The molecule has 106 valence electrons. The molecule has 1 atom stereocenters. The van der Waals surface area contributed by atoms with Gasteiger partial charge < -0.3 is 10.4 Å². The Bertz CT molecular complexity index is 586. The molecule has 1 unspecified atom stereocenters. The molecule has 2 aromatic rings. The van der Waals surface area contributed by atoms with Crippen LogP contribution in [0.1, 0.15) is 29.7 Å². The summed E-state index contributed by atoms with van der Waals surface area (Å²) >= 11 is 12.2. The van der Waals surface area contributed by atoms with Gasteiger partial charge in [-0.2, -0.15) is 0 Å². The molecule has 0 aromatic heterocycles. The van der Waals surface area contributed by atoms with Gasteiger partial charge in [-0.3, -0.25) is 0 Å². The Hall–Kier alpha value is -1.06. The van der Waals surface area contributed by atoms with E-state index < -0.39 is 0 Å². The molecular weight excluding hydrogens is 293 g/mol. The molecule has 2 N–H and O–H groups in total. The van der Waals surface area contributed by atoms with Crippen LogP contribution in [0.2, 0.25) is 10.0 Å². The third kappa shape index (κ3) is 3.74. The molecule has 2 aromatic carbocycles. The largest absolute Gasteiger partial charge is 0.392 e. The first-order valence-corrected chi connectivity index (χ1v) is 7.23. The van der Waals surface area contributed by atoms with Crippen LogP contribution in [0.15, 0.2) is 42.5 Å². The summed E-state index contributed by atoms with van der Waals surface area (Å²) in [6.45, 7) is 2.75. The average molecular weight is 310 g/mol. The molecule has 0 amide bonds. The first kappa shape index (κ1) is 15.3. The second-order valence-corrected chi connectivity index (χ2v) is 5.54. The van der Waals surface area contributed by atoms with Crippen LogP contribution in [-0.2, 0) is 13.2 Å². The van der Waals surface area contributed by atoms with Gasteiger partial charge in [-0.05, 0) is 41.8 Å². The van der Waals surface area contributed by atoms with Gasteiger partial charge >= 0.3 is 0 Å². The fraction of sp³-hybridized carbons (Fsp3) is 0.250. The topological polar surface area (TPSA) is 32.3 Å². The van der Waals surface area contributed by atoms with Gasteiger partial charge in [0.1, 0.15) is 0 Å². The SMILES string of the molecule is CC(NCc1ccccc1CO)c1cc(Cl)ccc1Cl. The average Bonchev–Trinajstić information content (AvgIpc) is 2.47. The molecule has 0 saturated carbocycles. The second kappa shape index (κ2) is 7.09. The van der Waals surface area contributed by atoms with Crippen LogP contribution in [-0.4, -0.2) is 5.11 Å². The lowest BCUT2D eigenvalue weighted by Crippen LogP contribution is -2.19. The van der Waals surface area contributed by atoms with Gasteiger partial charge in [0.15, 0.2) is 0 Å². The van der Waals surface area contributed by atoms with Crippen LogP contribution >= 0.6 is 23.2 Å². The third-order valence-electron chi connectivity index (χ3n) is 3.31. The quantitative estimate of drug-likeness (QED) is 0.861. The first-order chi connectivity index (χ1) is 9.61. The lowest BCUT2D eigenvalue weighted by molar-refractivity contribution is 0.280. The van der Waals surface area contributed by atoms with Crippen LogP contribution in [0.5, 0.6) is 0 Å². The summed E-state index contributed by atoms with van der Waals surface area (Å²) < 4.78 is 0. The Kier molecular flexibility index (Phi) is 5.44. The van der Waals surface area contributed by atoms with E-state index in [1.807, 2.05) is 37.3 Å². The smallest absolute Gasteiger partial charge is 0.0685 e. The molecular formula is C16H17Cl2NO. The number of hydrogen-bond acceptors (Lipinski definition) is 2. The van der Waals surface area contributed by atoms with Gasteiger partial charge in [-0.1, -0.05) is 47.5 Å². The summed E-state index contributed by atoms with van der Waals surface area (Å²) in [7, 11) is 0. The molecule has 2 nitrogen and oxygen atoms in total. The summed E-state index contributed by atoms with van der Waals surface area (Å²) in [4.78, 5) is 0. The summed E-state index contributed by atoms with van der Waals surface area (Å²) in [6, 6.07) is 13.4. The minimum absolute atomic E-state index is 0.0458. The van der Waals surface area contributed by atoms with Crippen molar-refractivity contribution in [2.45, 2.75) is 26.1 Å². The van der Waals surface area contributed by atoms with Gasteiger partial charge in [0, 0.05) is 22.6 Å². The van der Waals surface area contributed by atoms with E-state index in [0.717, 1.165) is 16.7 Å². The molecule has 0 bridgehead atoms. The molecule has 0 aliphatic rings. The molecule has 0 aliphatic carbocycles. The normalized spacial score (nSPS) is 12.4. The molecule has 0 heterocycles. The zero-order valence-corrected chi connectivity index (χ0v) is 12.7. The molecule has 20 heavy (non-hydrogen) atoms. The molecule has 0 aliphatic heterocycles. The summed E-state index contributed by atoms with van der Waals surface area (Å²) in [5, 5.41) is 14.1. The zero-order chi connectivity index (χ0) is 14.5. The van der Waals surface area contributed by atoms with Crippen molar-refractivity contribution in [3.63, 3.8) is 0 Å². The maximum absolute atomic E-state index is 9.31. The van der Waals surface area contributed by atoms with E-state index in [-0.39, 0.29) is 12.6 Å². The van der Waals surface area contributed by atoms with E-state index in [4.69, 9.17) is 23.2 Å². The Balaban J connectivity index is 2.08. The van der Waals surface area contributed by atoms with Crippen molar-refractivity contribution >= 4 is 23.2 Å². The number of nitrogens with one attached hydrogen (secondary N) is 1. The summed E-state index contributed by atoms with van der Waals surface area (Å²) in [5.41, 5.74) is 2.99. The van der Waals surface area contributed by atoms with Crippen molar-refractivity contribution in [2.24, 2.45) is 0 Å². The van der Waals surface area contributed by atoms with Crippen LogP contribution in [0.25, 0.3) is 0 Å². The maximum Gasteiger partial charge on any atom is 0.0685 e. The molecule has 4 heteroatoms. The minimum atomic E-state index is 0.0458. The zero-order valence-electron chi connectivity index (χ0n) is 11.2. The highest BCUT2D eigenvalue weighted by Crippen LogP contribution is 2.26. The predicted octanol–water partition coefficient (Wildman–Crippen LogP) is 4.34. The fourth-order valence-corrected chi connectivity index (χ4v) is 2.57. The van der Waals surface area contributed by atoms with Gasteiger partial charge in [0.2, 0.25) is 0 Å². The Morgan fingerprint density at radius 1 is 1.10 bits per heavy atom. The third-order valence-corrected chi connectivity index (χ3v) is 3.89. The van der Waals surface area contributed by atoms with Crippen LogP contribution in [0.3, 0.4) is 0 Å². The summed E-state index contributed by atoms with van der Waals surface area (Å²) in [5.74, 6) is 0.